The van der Waals surface area contributed by atoms with Crippen LogP contribution in [0.5, 0.6) is 5.75 Å². The van der Waals surface area contributed by atoms with Gasteiger partial charge in [-0.2, -0.15) is 0 Å². The topological polar surface area (TPSA) is 44.8 Å². The van der Waals surface area contributed by atoms with E-state index in [4.69, 9.17) is 14.2 Å². The van der Waals surface area contributed by atoms with Gasteiger partial charge >= 0.3 is 0 Å². The fraction of sp³-hybridized carbons (Fsp3) is 0.550. The van der Waals surface area contributed by atoms with Crippen molar-refractivity contribution in [3.05, 3.63) is 35.4 Å². The molecule has 2 aliphatic carbocycles. The smallest absolute Gasteiger partial charge is 0.171 e. The molecule has 1 aromatic carbocycles. The van der Waals surface area contributed by atoms with Crippen molar-refractivity contribution in [1.82, 2.24) is 0 Å². The van der Waals surface area contributed by atoms with Crippen LogP contribution < -0.4 is 4.74 Å². The molecule has 4 heteroatoms. The Hall–Kier alpha value is -1.65. The van der Waals surface area contributed by atoms with Gasteiger partial charge in [0.15, 0.2) is 11.6 Å². The normalized spacial score (nSPS) is 30.5. The van der Waals surface area contributed by atoms with Crippen molar-refractivity contribution in [1.29, 1.82) is 0 Å². The minimum atomic E-state index is -0.482. The van der Waals surface area contributed by atoms with E-state index >= 15 is 0 Å². The molecule has 3 aliphatic rings. The fourth-order valence-corrected chi connectivity index (χ4v) is 4.54. The Morgan fingerprint density at radius 3 is 2.62 bits per heavy atom. The van der Waals surface area contributed by atoms with Crippen LogP contribution in [0.3, 0.4) is 0 Å². The van der Waals surface area contributed by atoms with Gasteiger partial charge in [-0.05, 0) is 55.0 Å². The average molecular weight is 328 g/mol. The first kappa shape index (κ1) is 15.9. The number of methoxy groups -OCH3 is 1. The molecule has 1 spiro atoms. The number of ketones is 1. The van der Waals surface area contributed by atoms with Gasteiger partial charge in [0.2, 0.25) is 0 Å². The first-order chi connectivity index (χ1) is 11.7. The molecule has 0 amide bonds. The lowest BCUT2D eigenvalue weighted by atomic mass is 9.65. The molecule has 3 fully saturated rings. The van der Waals surface area contributed by atoms with Crippen LogP contribution in [-0.4, -0.2) is 31.9 Å². The number of ether oxygens (including phenoxy) is 3. The molecule has 1 saturated heterocycles. The standard InChI is InChI=1S/C20H24O4/c1-22-16-7-4-14(5-8-16)13-15-6-9-18-17(19(15)21)3-2-10-20(18)23-11-12-24-20/h4-5,7-8,13,17-18H,2-3,6,9-12H2,1H3/b15-13+/t17-,18+/m0/s1. The third-order valence-electron chi connectivity index (χ3n) is 5.70. The van der Waals surface area contributed by atoms with E-state index in [1.165, 1.54) is 0 Å². The summed E-state index contributed by atoms with van der Waals surface area (Å²) in [5.74, 6) is 0.908. The van der Waals surface area contributed by atoms with Crippen molar-refractivity contribution < 1.29 is 19.0 Å². The second-order valence-electron chi connectivity index (χ2n) is 6.96. The maximum Gasteiger partial charge on any atom is 0.171 e. The van der Waals surface area contributed by atoms with Gasteiger partial charge in [0, 0.05) is 18.3 Å². The molecule has 128 valence electrons. The summed E-state index contributed by atoms with van der Waals surface area (Å²) in [6.07, 6.45) is 6.70. The Bertz CT molecular complexity index is 640. The minimum absolute atomic E-state index is 0.0510. The zero-order valence-corrected chi connectivity index (χ0v) is 14.1. The van der Waals surface area contributed by atoms with E-state index in [0.29, 0.717) is 19.0 Å². The summed E-state index contributed by atoms with van der Waals surface area (Å²) in [6, 6.07) is 7.85. The van der Waals surface area contributed by atoms with Crippen LogP contribution in [0.25, 0.3) is 6.08 Å². The highest BCUT2D eigenvalue weighted by Crippen LogP contribution is 2.49. The molecule has 1 aromatic rings. The highest BCUT2D eigenvalue weighted by atomic mass is 16.7. The van der Waals surface area contributed by atoms with Gasteiger partial charge in [-0.3, -0.25) is 4.79 Å². The van der Waals surface area contributed by atoms with Crippen LogP contribution in [0.2, 0.25) is 0 Å². The Balaban J connectivity index is 1.56. The van der Waals surface area contributed by atoms with Gasteiger partial charge in [-0.25, -0.2) is 0 Å². The Morgan fingerprint density at radius 2 is 1.92 bits per heavy atom. The molecule has 4 nitrogen and oxygen atoms in total. The monoisotopic (exact) mass is 328 g/mol. The maximum absolute atomic E-state index is 13.0. The molecule has 0 unspecified atom stereocenters. The molecule has 24 heavy (non-hydrogen) atoms. The summed E-state index contributed by atoms with van der Waals surface area (Å²) in [4.78, 5) is 13.0. The minimum Gasteiger partial charge on any atom is -0.497 e. The SMILES string of the molecule is COc1ccc(/C=C2\CC[C@@H]3[C@H](CCCC34OCCO4)C2=O)cc1. The first-order valence-corrected chi connectivity index (χ1v) is 8.89. The van der Waals surface area contributed by atoms with Gasteiger partial charge in [0.05, 0.1) is 20.3 Å². The van der Waals surface area contributed by atoms with E-state index < -0.39 is 5.79 Å². The molecule has 0 N–H and O–H groups in total. The lowest BCUT2D eigenvalue weighted by Crippen LogP contribution is -2.50. The number of carbonyl (C=O) groups excluding carboxylic acids is 1. The Morgan fingerprint density at radius 1 is 1.17 bits per heavy atom. The van der Waals surface area contributed by atoms with Crippen LogP contribution in [0, 0.1) is 11.8 Å². The van der Waals surface area contributed by atoms with Gasteiger partial charge in [-0.1, -0.05) is 12.1 Å². The van der Waals surface area contributed by atoms with Crippen LogP contribution in [-0.2, 0) is 14.3 Å². The molecule has 0 aromatic heterocycles. The third kappa shape index (κ3) is 2.68. The summed E-state index contributed by atoms with van der Waals surface area (Å²) in [5, 5.41) is 0. The van der Waals surface area contributed by atoms with Crippen LogP contribution in [0.1, 0.15) is 37.7 Å². The predicted octanol–water partition coefficient (Wildman–Crippen LogP) is 3.60. The lowest BCUT2D eigenvalue weighted by molar-refractivity contribution is -0.227. The van der Waals surface area contributed by atoms with Crippen molar-refractivity contribution in [2.24, 2.45) is 11.8 Å². The van der Waals surface area contributed by atoms with Crippen LogP contribution in [0.15, 0.2) is 29.8 Å². The summed E-state index contributed by atoms with van der Waals surface area (Å²) in [5.41, 5.74) is 1.99. The van der Waals surface area contributed by atoms with E-state index in [2.05, 4.69) is 0 Å². The zero-order valence-electron chi connectivity index (χ0n) is 14.1. The fourth-order valence-electron chi connectivity index (χ4n) is 4.54. The van der Waals surface area contributed by atoms with Crippen molar-refractivity contribution in [2.75, 3.05) is 20.3 Å². The van der Waals surface area contributed by atoms with Gasteiger partial charge in [0.1, 0.15) is 5.75 Å². The number of benzene rings is 1. The molecule has 0 bridgehead atoms. The molecule has 1 aliphatic heterocycles. The number of Topliss-reactive ketones (excluding diaryl/α,β-unsaturated/α-hetero) is 1. The highest BCUT2D eigenvalue weighted by molar-refractivity contribution is 6.02. The van der Waals surface area contributed by atoms with Gasteiger partial charge < -0.3 is 14.2 Å². The number of hydrogen-bond donors (Lipinski definition) is 0. The lowest BCUT2D eigenvalue weighted by Gasteiger charge is -2.46. The highest BCUT2D eigenvalue weighted by Gasteiger charge is 2.53. The average Bonchev–Trinajstić information content (AvgIpc) is 3.08. The molecular formula is C20H24O4. The van der Waals surface area contributed by atoms with E-state index in [0.717, 1.165) is 49.0 Å². The molecule has 4 rings (SSSR count). The quantitative estimate of drug-likeness (QED) is 0.778. The number of carbonyl (C=O) groups is 1. The molecule has 1 heterocycles. The third-order valence-corrected chi connectivity index (χ3v) is 5.70. The van der Waals surface area contributed by atoms with Gasteiger partial charge in [0.25, 0.3) is 0 Å². The number of allylic oxidation sites excluding steroid dienone is 1. The summed E-state index contributed by atoms with van der Waals surface area (Å²) in [7, 11) is 1.66. The van der Waals surface area contributed by atoms with Gasteiger partial charge in [-0.15, -0.1) is 0 Å². The second-order valence-corrected chi connectivity index (χ2v) is 6.96. The van der Waals surface area contributed by atoms with E-state index in [9.17, 15) is 4.79 Å². The van der Waals surface area contributed by atoms with Crippen molar-refractivity contribution in [3.63, 3.8) is 0 Å². The van der Waals surface area contributed by atoms with Crippen LogP contribution >= 0.6 is 0 Å². The Kier molecular flexibility index (Phi) is 4.19. The van der Waals surface area contributed by atoms with E-state index in [1.807, 2.05) is 30.3 Å². The second kappa shape index (κ2) is 6.34. The summed E-state index contributed by atoms with van der Waals surface area (Å²) < 4.78 is 17.1. The predicted molar refractivity (Wildman–Crippen MR) is 90.7 cm³/mol. The molecule has 2 atom stereocenters. The molecular weight excluding hydrogens is 304 g/mol. The number of fused-ring (bicyclic) bond motifs is 2. The van der Waals surface area contributed by atoms with Crippen molar-refractivity contribution >= 4 is 11.9 Å². The Labute approximate surface area is 142 Å². The van der Waals surface area contributed by atoms with Crippen molar-refractivity contribution in [3.8, 4) is 5.75 Å². The van der Waals surface area contributed by atoms with E-state index in [1.54, 1.807) is 7.11 Å². The van der Waals surface area contributed by atoms with E-state index in [-0.39, 0.29) is 11.8 Å². The molecule has 2 saturated carbocycles. The molecule has 0 radical (unpaired) electrons. The summed E-state index contributed by atoms with van der Waals surface area (Å²) in [6.45, 7) is 1.32. The number of rotatable bonds is 2. The van der Waals surface area contributed by atoms with Crippen molar-refractivity contribution in [2.45, 2.75) is 37.9 Å². The summed E-state index contributed by atoms with van der Waals surface area (Å²) >= 11 is 0. The zero-order chi connectivity index (χ0) is 16.6. The maximum atomic E-state index is 13.0. The first-order valence-electron chi connectivity index (χ1n) is 8.89. The number of hydrogen-bond acceptors (Lipinski definition) is 4. The van der Waals surface area contributed by atoms with Crippen LogP contribution in [0.4, 0.5) is 0 Å². The largest absolute Gasteiger partial charge is 0.497 e.